The lowest BCUT2D eigenvalue weighted by Crippen LogP contribution is -2.43. The fraction of sp³-hybridized carbons (Fsp3) is 0.250. The molecule has 0 radical (unpaired) electrons. The van der Waals surface area contributed by atoms with Crippen molar-refractivity contribution in [2.75, 3.05) is 18.4 Å². The molecule has 0 bridgehead atoms. The first-order valence-corrected chi connectivity index (χ1v) is 8.70. The number of carbonyl (C=O) groups excluding carboxylic acids is 1. The van der Waals surface area contributed by atoms with Crippen LogP contribution in [0.15, 0.2) is 42.6 Å². The zero-order valence-electron chi connectivity index (χ0n) is 14.1. The Balaban J connectivity index is 1.54. The van der Waals surface area contributed by atoms with E-state index in [-0.39, 0.29) is 5.91 Å². The standard InChI is InChI=1S/C20H17N5O/c21-12-25-7-6-20(11-25)9-14-5-4-13(8-18(14)23-19(20)26)15-2-1-3-17-16(15)10-22-24-17/h1-5,8,10H,6-7,9,11H2,(H,22,24)(H,23,26)/t20-/m1/s1. The highest BCUT2D eigenvalue weighted by Gasteiger charge is 2.47. The summed E-state index contributed by atoms with van der Waals surface area (Å²) in [6.45, 7) is 1.16. The van der Waals surface area contributed by atoms with E-state index in [1.807, 2.05) is 24.4 Å². The molecule has 0 aliphatic carbocycles. The molecule has 6 heteroatoms. The zero-order chi connectivity index (χ0) is 17.7. The van der Waals surface area contributed by atoms with Crippen LogP contribution < -0.4 is 5.32 Å². The van der Waals surface area contributed by atoms with Crippen LogP contribution in [-0.2, 0) is 11.2 Å². The van der Waals surface area contributed by atoms with Crippen molar-refractivity contribution in [3.63, 3.8) is 0 Å². The SMILES string of the molecule is N#CN1CC[C@@]2(Cc3ccc(-c4cccc5[nH]ncc45)cc3NC2=O)C1. The molecule has 3 heterocycles. The number of hydrogen-bond donors (Lipinski definition) is 2. The van der Waals surface area contributed by atoms with Gasteiger partial charge in [-0.3, -0.25) is 9.89 Å². The van der Waals surface area contributed by atoms with Crippen LogP contribution in [0.2, 0.25) is 0 Å². The van der Waals surface area contributed by atoms with Crippen molar-refractivity contribution in [1.82, 2.24) is 15.1 Å². The summed E-state index contributed by atoms with van der Waals surface area (Å²) in [5, 5.41) is 20.4. The number of hydrogen-bond acceptors (Lipinski definition) is 4. The van der Waals surface area contributed by atoms with Crippen molar-refractivity contribution in [3.8, 4) is 17.3 Å². The van der Waals surface area contributed by atoms with Gasteiger partial charge < -0.3 is 10.2 Å². The second kappa shape index (κ2) is 5.33. The number of fused-ring (bicyclic) bond motifs is 2. The van der Waals surface area contributed by atoms with Crippen LogP contribution in [0.25, 0.3) is 22.0 Å². The van der Waals surface area contributed by atoms with Crippen LogP contribution in [0.4, 0.5) is 5.69 Å². The highest BCUT2D eigenvalue weighted by molar-refractivity contribution is 6.01. The number of amides is 1. The molecular weight excluding hydrogens is 326 g/mol. The van der Waals surface area contributed by atoms with Gasteiger partial charge in [-0.1, -0.05) is 24.3 Å². The molecule has 5 rings (SSSR count). The van der Waals surface area contributed by atoms with Crippen molar-refractivity contribution in [2.45, 2.75) is 12.8 Å². The minimum absolute atomic E-state index is 0.0291. The van der Waals surface area contributed by atoms with E-state index in [1.54, 1.807) is 4.90 Å². The number of H-pyrrole nitrogens is 1. The van der Waals surface area contributed by atoms with Gasteiger partial charge in [0.25, 0.3) is 0 Å². The normalized spacial score (nSPS) is 21.7. The van der Waals surface area contributed by atoms with E-state index in [2.05, 4.69) is 39.9 Å². The number of aromatic nitrogens is 2. The van der Waals surface area contributed by atoms with Crippen molar-refractivity contribution < 1.29 is 4.79 Å². The number of aromatic amines is 1. The highest BCUT2D eigenvalue weighted by Crippen LogP contribution is 2.42. The van der Waals surface area contributed by atoms with Crippen LogP contribution >= 0.6 is 0 Å². The summed E-state index contributed by atoms with van der Waals surface area (Å²) in [5.74, 6) is 0.0291. The third-order valence-electron chi connectivity index (χ3n) is 5.66. The monoisotopic (exact) mass is 343 g/mol. The molecule has 1 saturated heterocycles. The largest absolute Gasteiger partial charge is 0.325 e. The minimum atomic E-state index is -0.477. The molecule has 3 aromatic rings. The van der Waals surface area contributed by atoms with Gasteiger partial charge >= 0.3 is 0 Å². The van der Waals surface area contributed by atoms with E-state index in [1.165, 1.54) is 0 Å². The lowest BCUT2D eigenvalue weighted by molar-refractivity contribution is -0.125. The summed E-state index contributed by atoms with van der Waals surface area (Å²) in [4.78, 5) is 14.5. The summed E-state index contributed by atoms with van der Waals surface area (Å²) >= 11 is 0. The Morgan fingerprint density at radius 3 is 3.04 bits per heavy atom. The van der Waals surface area contributed by atoms with Crippen LogP contribution in [0, 0.1) is 16.9 Å². The predicted molar refractivity (Wildman–Crippen MR) is 98.1 cm³/mol. The van der Waals surface area contributed by atoms with Gasteiger partial charge in [-0.15, -0.1) is 0 Å². The van der Waals surface area contributed by atoms with Gasteiger partial charge in [-0.05, 0) is 41.7 Å². The molecule has 2 N–H and O–H groups in total. The van der Waals surface area contributed by atoms with Gasteiger partial charge in [0.05, 0.1) is 17.1 Å². The Labute approximate surface area is 150 Å². The molecule has 128 valence electrons. The summed E-state index contributed by atoms with van der Waals surface area (Å²) in [5.41, 5.74) is 4.66. The molecule has 0 unspecified atom stereocenters. The first-order chi connectivity index (χ1) is 12.7. The van der Waals surface area contributed by atoms with Crippen LogP contribution in [0.5, 0.6) is 0 Å². The number of likely N-dealkylation sites (tertiary alicyclic amines) is 1. The first-order valence-electron chi connectivity index (χ1n) is 8.70. The average molecular weight is 343 g/mol. The summed E-state index contributed by atoms with van der Waals surface area (Å²) in [6, 6.07) is 12.3. The van der Waals surface area contributed by atoms with Crippen molar-refractivity contribution >= 4 is 22.5 Å². The van der Waals surface area contributed by atoms with Gasteiger partial charge in [-0.25, -0.2) is 0 Å². The molecule has 26 heavy (non-hydrogen) atoms. The number of carbonyl (C=O) groups is 1. The molecule has 1 amide bonds. The van der Waals surface area contributed by atoms with Gasteiger partial charge in [-0.2, -0.15) is 10.4 Å². The Morgan fingerprint density at radius 1 is 1.27 bits per heavy atom. The molecule has 0 saturated carbocycles. The summed E-state index contributed by atoms with van der Waals surface area (Å²) < 4.78 is 0. The average Bonchev–Trinajstić information content (AvgIpc) is 3.29. The molecule has 2 aliphatic heterocycles. The quantitative estimate of drug-likeness (QED) is 0.665. The topological polar surface area (TPSA) is 84.8 Å². The second-order valence-corrected chi connectivity index (χ2v) is 7.19. The smallest absolute Gasteiger partial charge is 0.232 e. The molecule has 1 fully saturated rings. The number of rotatable bonds is 1. The maximum absolute atomic E-state index is 12.8. The lowest BCUT2D eigenvalue weighted by Gasteiger charge is -2.33. The Bertz CT molecular complexity index is 1080. The third-order valence-corrected chi connectivity index (χ3v) is 5.66. The Morgan fingerprint density at radius 2 is 2.19 bits per heavy atom. The Kier molecular flexibility index (Phi) is 3.07. The van der Waals surface area contributed by atoms with E-state index < -0.39 is 5.41 Å². The minimum Gasteiger partial charge on any atom is -0.325 e. The molecule has 2 aromatic carbocycles. The van der Waals surface area contributed by atoms with E-state index in [9.17, 15) is 4.79 Å². The Hall–Kier alpha value is -3.33. The number of nitrogens with zero attached hydrogens (tertiary/aromatic N) is 3. The van der Waals surface area contributed by atoms with E-state index in [0.29, 0.717) is 19.5 Å². The maximum Gasteiger partial charge on any atom is 0.232 e. The van der Waals surface area contributed by atoms with Crippen LogP contribution in [0.3, 0.4) is 0 Å². The highest BCUT2D eigenvalue weighted by atomic mass is 16.2. The van der Waals surface area contributed by atoms with Gasteiger partial charge in [0.1, 0.15) is 0 Å². The van der Waals surface area contributed by atoms with E-state index >= 15 is 0 Å². The van der Waals surface area contributed by atoms with Crippen molar-refractivity contribution in [2.24, 2.45) is 5.41 Å². The maximum atomic E-state index is 12.8. The van der Waals surface area contributed by atoms with E-state index in [0.717, 1.165) is 39.7 Å². The molecule has 6 nitrogen and oxygen atoms in total. The molecule has 1 atom stereocenters. The summed E-state index contributed by atoms with van der Waals surface area (Å²) in [7, 11) is 0. The van der Waals surface area contributed by atoms with Gasteiger partial charge in [0.2, 0.25) is 5.91 Å². The number of nitriles is 1. The van der Waals surface area contributed by atoms with Crippen LogP contribution in [-0.4, -0.2) is 34.1 Å². The predicted octanol–water partition coefficient (Wildman–Crippen LogP) is 2.90. The molecule has 1 spiro atoms. The molecular formula is C20H17N5O. The zero-order valence-corrected chi connectivity index (χ0v) is 14.1. The lowest BCUT2D eigenvalue weighted by atomic mass is 9.76. The molecule has 2 aliphatic rings. The fourth-order valence-electron chi connectivity index (χ4n) is 4.22. The van der Waals surface area contributed by atoms with Gasteiger partial charge in [0.15, 0.2) is 6.19 Å². The number of anilines is 1. The van der Waals surface area contributed by atoms with Crippen molar-refractivity contribution in [1.29, 1.82) is 5.26 Å². The van der Waals surface area contributed by atoms with Gasteiger partial charge in [0, 0.05) is 24.2 Å². The first kappa shape index (κ1) is 15.0. The third kappa shape index (κ3) is 2.10. The number of benzene rings is 2. The number of nitrogens with one attached hydrogen (secondary N) is 2. The van der Waals surface area contributed by atoms with Crippen LogP contribution in [0.1, 0.15) is 12.0 Å². The van der Waals surface area contributed by atoms with E-state index in [4.69, 9.17) is 5.26 Å². The molecule has 1 aromatic heterocycles. The summed E-state index contributed by atoms with van der Waals surface area (Å²) in [6.07, 6.45) is 5.40. The fourth-order valence-corrected chi connectivity index (χ4v) is 4.22. The van der Waals surface area contributed by atoms with Crippen molar-refractivity contribution in [3.05, 3.63) is 48.2 Å². The second-order valence-electron chi connectivity index (χ2n) is 7.19.